The Kier molecular flexibility index (Phi) is 5.41. The van der Waals surface area contributed by atoms with Gasteiger partial charge in [-0.25, -0.2) is 13.2 Å². The fraction of sp³-hybridized carbons (Fsp3) is 0.368. The molecule has 1 amide bonds. The lowest BCUT2D eigenvalue weighted by Crippen LogP contribution is -2.57. The summed E-state index contributed by atoms with van der Waals surface area (Å²) in [4.78, 5) is 24.0. The van der Waals surface area contributed by atoms with Crippen molar-refractivity contribution in [1.29, 1.82) is 0 Å². The summed E-state index contributed by atoms with van der Waals surface area (Å²) < 4.78 is 31.3. The standard InChI is InChI=1S/C19H23NO5S/c1-14(26(23,24)16-8-6-5-7-9-16)19(12-10-15(21)11-13-19)20-17(22)25-18(2,3)4/h5-14H,1-4H3,(H,20,22). The fourth-order valence-corrected chi connectivity index (χ4v) is 4.23. The summed E-state index contributed by atoms with van der Waals surface area (Å²) in [6.07, 6.45) is 4.51. The van der Waals surface area contributed by atoms with E-state index in [1.54, 1.807) is 39.0 Å². The van der Waals surface area contributed by atoms with Gasteiger partial charge in [0.15, 0.2) is 15.6 Å². The van der Waals surface area contributed by atoms with Crippen LogP contribution in [0, 0.1) is 0 Å². The van der Waals surface area contributed by atoms with E-state index in [0.717, 1.165) is 0 Å². The molecule has 0 saturated carbocycles. The normalized spacial score (nSPS) is 17.6. The van der Waals surface area contributed by atoms with Crippen molar-refractivity contribution >= 4 is 21.7 Å². The highest BCUT2D eigenvalue weighted by molar-refractivity contribution is 7.92. The van der Waals surface area contributed by atoms with Crippen LogP contribution in [0.4, 0.5) is 4.79 Å². The highest BCUT2D eigenvalue weighted by Gasteiger charge is 2.43. The largest absolute Gasteiger partial charge is 0.444 e. The predicted octanol–water partition coefficient (Wildman–Crippen LogP) is 2.81. The van der Waals surface area contributed by atoms with Crippen molar-refractivity contribution < 1.29 is 22.7 Å². The first-order chi connectivity index (χ1) is 12.0. The number of hydrogen-bond acceptors (Lipinski definition) is 5. The molecular weight excluding hydrogens is 354 g/mol. The summed E-state index contributed by atoms with van der Waals surface area (Å²) in [5.74, 6) is -0.282. The Balaban J connectivity index is 2.42. The van der Waals surface area contributed by atoms with Gasteiger partial charge in [0, 0.05) is 0 Å². The minimum Gasteiger partial charge on any atom is -0.444 e. The molecule has 0 saturated heterocycles. The number of ketones is 1. The van der Waals surface area contributed by atoms with Crippen molar-refractivity contribution in [2.45, 2.75) is 49.0 Å². The van der Waals surface area contributed by atoms with Gasteiger partial charge in [-0.15, -0.1) is 0 Å². The number of allylic oxidation sites excluding steroid dienone is 2. The van der Waals surface area contributed by atoms with Crippen LogP contribution in [-0.4, -0.2) is 36.7 Å². The molecule has 1 aromatic rings. The van der Waals surface area contributed by atoms with Gasteiger partial charge in [-0.1, -0.05) is 18.2 Å². The third-order valence-corrected chi connectivity index (χ3v) is 6.22. The van der Waals surface area contributed by atoms with Crippen LogP contribution in [0.2, 0.25) is 0 Å². The second-order valence-corrected chi connectivity index (χ2v) is 9.40. The van der Waals surface area contributed by atoms with E-state index < -0.39 is 32.3 Å². The Morgan fingerprint density at radius 1 is 1.12 bits per heavy atom. The molecule has 140 valence electrons. The summed E-state index contributed by atoms with van der Waals surface area (Å²) in [6.45, 7) is 6.61. The Morgan fingerprint density at radius 2 is 1.65 bits per heavy atom. The van der Waals surface area contributed by atoms with Gasteiger partial charge in [-0.05, 0) is 64.1 Å². The van der Waals surface area contributed by atoms with Gasteiger partial charge in [0.25, 0.3) is 0 Å². The van der Waals surface area contributed by atoms with Gasteiger partial charge >= 0.3 is 6.09 Å². The Morgan fingerprint density at radius 3 is 2.15 bits per heavy atom. The molecule has 0 radical (unpaired) electrons. The first-order valence-electron chi connectivity index (χ1n) is 8.19. The molecule has 1 aliphatic rings. The highest BCUT2D eigenvalue weighted by Crippen LogP contribution is 2.29. The quantitative estimate of drug-likeness (QED) is 0.871. The molecule has 26 heavy (non-hydrogen) atoms. The van der Waals surface area contributed by atoms with Crippen molar-refractivity contribution in [3.63, 3.8) is 0 Å². The molecule has 0 aliphatic heterocycles. The molecule has 1 aliphatic carbocycles. The molecule has 6 nitrogen and oxygen atoms in total. The Hall–Kier alpha value is -2.41. The molecule has 1 unspecified atom stereocenters. The Labute approximate surface area is 153 Å². The maximum absolute atomic E-state index is 13.0. The van der Waals surface area contributed by atoms with E-state index in [2.05, 4.69) is 5.32 Å². The number of hydrogen-bond donors (Lipinski definition) is 1. The van der Waals surface area contributed by atoms with Crippen LogP contribution in [0.1, 0.15) is 27.7 Å². The lowest BCUT2D eigenvalue weighted by molar-refractivity contribution is -0.110. The smallest absolute Gasteiger partial charge is 0.408 e. The van der Waals surface area contributed by atoms with Gasteiger partial charge in [0.05, 0.1) is 15.7 Å². The molecule has 0 spiro atoms. The van der Waals surface area contributed by atoms with Crippen LogP contribution >= 0.6 is 0 Å². The van der Waals surface area contributed by atoms with Crippen LogP contribution in [0.15, 0.2) is 59.5 Å². The molecule has 1 N–H and O–H groups in total. The second kappa shape index (κ2) is 7.07. The monoisotopic (exact) mass is 377 g/mol. The van der Waals surface area contributed by atoms with Crippen molar-refractivity contribution in [1.82, 2.24) is 5.32 Å². The molecule has 1 atom stereocenters. The Bertz CT molecular complexity index is 832. The zero-order valence-corrected chi connectivity index (χ0v) is 16.0. The number of rotatable bonds is 4. The molecule has 0 bridgehead atoms. The second-order valence-electron chi connectivity index (χ2n) is 7.13. The van der Waals surface area contributed by atoms with E-state index in [9.17, 15) is 18.0 Å². The van der Waals surface area contributed by atoms with E-state index in [4.69, 9.17) is 4.74 Å². The SMILES string of the molecule is CC(C1(NC(=O)OC(C)(C)C)C=CC(=O)C=C1)S(=O)(=O)c1ccccc1. The number of carbonyl (C=O) groups excluding carboxylic acids is 2. The topological polar surface area (TPSA) is 89.5 Å². The van der Waals surface area contributed by atoms with E-state index in [1.807, 2.05) is 0 Å². The number of carbonyl (C=O) groups is 2. The predicted molar refractivity (Wildman–Crippen MR) is 98.5 cm³/mol. The minimum atomic E-state index is -3.79. The van der Waals surface area contributed by atoms with Crippen molar-refractivity contribution in [2.75, 3.05) is 0 Å². The molecule has 0 aromatic heterocycles. The molecule has 7 heteroatoms. The summed E-state index contributed by atoms with van der Waals surface area (Å²) in [6, 6.07) is 7.97. The summed E-state index contributed by atoms with van der Waals surface area (Å²) in [5.41, 5.74) is -2.14. The van der Waals surface area contributed by atoms with Crippen molar-refractivity contribution in [3.05, 3.63) is 54.6 Å². The van der Waals surface area contributed by atoms with Gasteiger partial charge < -0.3 is 10.1 Å². The zero-order valence-electron chi connectivity index (χ0n) is 15.2. The maximum Gasteiger partial charge on any atom is 0.408 e. The highest BCUT2D eigenvalue weighted by atomic mass is 32.2. The van der Waals surface area contributed by atoms with Crippen LogP contribution in [0.25, 0.3) is 0 Å². The van der Waals surface area contributed by atoms with Crippen LogP contribution in [0.3, 0.4) is 0 Å². The van der Waals surface area contributed by atoms with E-state index >= 15 is 0 Å². The first kappa shape index (κ1) is 19.9. The number of sulfone groups is 1. The number of alkyl carbamates (subject to hydrolysis) is 1. The van der Waals surface area contributed by atoms with Gasteiger partial charge in [0.2, 0.25) is 0 Å². The first-order valence-corrected chi connectivity index (χ1v) is 9.73. The average Bonchev–Trinajstić information content (AvgIpc) is 2.55. The van der Waals surface area contributed by atoms with Crippen LogP contribution < -0.4 is 5.32 Å². The van der Waals surface area contributed by atoms with Gasteiger partial charge in [-0.3, -0.25) is 4.79 Å². The van der Waals surface area contributed by atoms with Crippen LogP contribution in [-0.2, 0) is 19.4 Å². The lowest BCUT2D eigenvalue weighted by atomic mass is 9.90. The third-order valence-electron chi connectivity index (χ3n) is 3.97. The molecule has 0 fully saturated rings. The molecular formula is C19H23NO5S. The van der Waals surface area contributed by atoms with Crippen molar-refractivity contribution in [3.8, 4) is 0 Å². The number of nitrogens with one attached hydrogen (secondary N) is 1. The van der Waals surface area contributed by atoms with Gasteiger partial charge in [-0.2, -0.15) is 0 Å². The molecule has 1 aromatic carbocycles. The summed E-state index contributed by atoms with van der Waals surface area (Å²) in [5, 5.41) is 1.55. The molecule has 0 heterocycles. The van der Waals surface area contributed by atoms with E-state index in [0.29, 0.717) is 0 Å². The molecule has 2 rings (SSSR count). The number of benzene rings is 1. The fourth-order valence-electron chi connectivity index (χ4n) is 2.56. The summed E-state index contributed by atoms with van der Waals surface area (Å²) >= 11 is 0. The average molecular weight is 377 g/mol. The minimum absolute atomic E-state index is 0.136. The lowest BCUT2D eigenvalue weighted by Gasteiger charge is -2.36. The van der Waals surface area contributed by atoms with Crippen LogP contribution in [0.5, 0.6) is 0 Å². The number of amides is 1. The maximum atomic E-state index is 13.0. The van der Waals surface area contributed by atoms with E-state index in [1.165, 1.54) is 43.4 Å². The third kappa shape index (κ3) is 4.40. The zero-order chi connectivity index (χ0) is 19.6. The van der Waals surface area contributed by atoms with Gasteiger partial charge in [0.1, 0.15) is 5.60 Å². The number of ether oxygens (including phenoxy) is 1. The van der Waals surface area contributed by atoms with E-state index in [-0.39, 0.29) is 10.7 Å². The van der Waals surface area contributed by atoms with Crippen molar-refractivity contribution in [2.24, 2.45) is 0 Å². The summed E-state index contributed by atoms with van der Waals surface area (Å²) in [7, 11) is -3.79.